The normalized spacial score (nSPS) is 15.9. The third-order valence-corrected chi connectivity index (χ3v) is 17.9. The SMILES string of the molecule is CC(C)(C)c1ccc(N2B3c4oc5cc6c(cc5c4N(c4ccc(C(C)(C)C)cc4-c4ccccc4)c4c3c(cc3c4oc4ccccc43)-c3cc4c(cc32)sc2ccccc24)C(C)(C)CCC6(C)C)cc1. The van der Waals surface area contributed by atoms with Gasteiger partial charge >= 0.3 is 6.85 Å². The topological polar surface area (TPSA) is 32.8 Å². The fourth-order valence-corrected chi connectivity index (χ4v) is 13.8. The van der Waals surface area contributed by atoms with Crippen LogP contribution in [-0.4, -0.2) is 6.85 Å². The molecular formula is C66H59BN2O2S. The number of anilines is 5. The predicted octanol–water partition coefficient (Wildman–Crippen LogP) is 18.0. The summed E-state index contributed by atoms with van der Waals surface area (Å²) in [7, 11) is 0. The molecule has 0 N–H and O–H groups in total. The fourth-order valence-electron chi connectivity index (χ4n) is 12.7. The summed E-state index contributed by atoms with van der Waals surface area (Å²) in [5, 5.41) is 5.91. The van der Waals surface area contributed by atoms with Crippen molar-refractivity contribution in [2.24, 2.45) is 0 Å². The van der Waals surface area contributed by atoms with Crippen LogP contribution in [0, 0.1) is 0 Å². The van der Waals surface area contributed by atoms with Crippen LogP contribution in [0.2, 0.25) is 0 Å². The van der Waals surface area contributed by atoms with Crippen molar-refractivity contribution in [2.45, 2.75) is 104 Å². The van der Waals surface area contributed by atoms with Crippen LogP contribution in [0.1, 0.15) is 104 Å². The van der Waals surface area contributed by atoms with Gasteiger partial charge in [0.1, 0.15) is 16.8 Å². The minimum absolute atomic E-state index is 0.00784. The Hall–Kier alpha value is -7.02. The first-order valence-corrected chi connectivity index (χ1v) is 26.7. The van der Waals surface area contributed by atoms with Gasteiger partial charge in [-0.05, 0) is 140 Å². The van der Waals surface area contributed by atoms with Gasteiger partial charge in [-0.2, -0.15) is 0 Å². The van der Waals surface area contributed by atoms with E-state index in [0.29, 0.717) is 0 Å². The minimum Gasteiger partial charge on any atom is -0.466 e. The molecule has 4 nitrogen and oxygen atoms in total. The Morgan fingerprint density at radius 3 is 1.89 bits per heavy atom. The predicted molar refractivity (Wildman–Crippen MR) is 308 cm³/mol. The Balaban J connectivity index is 1.19. The first kappa shape index (κ1) is 43.7. The number of benzene rings is 8. The van der Waals surface area contributed by atoms with Crippen LogP contribution in [0.15, 0.2) is 160 Å². The van der Waals surface area contributed by atoms with Crippen molar-refractivity contribution < 1.29 is 8.83 Å². The lowest BCUT2D eigenvalue weighted by Gasteiger charge is -2.44. The quantitative estimate of drug-likeness (QED) is 0.165. The molecule has 8 aromatic carbocycles. The zero-order valence-corrected chi connectivity index (χ0v) is 43.9. The van der Waals surface area contributed by atoms with Crippen molar-refractivity contribution >= 4 is 111 Å². The molecule has 0 saturated heterocycles. The van der Waals surface area contributed by atoms with Gasteiger partial charge in [-0.25, -0.2) is 0 Å². The highest BCUT2D eigenvalue weighted by Crippen LogP contribution is 2.56. The van der Waals surface area contributed by atoms with Crippen LogP contribution in [0.4, 0.5) is 28.4 Å². The maximum Gasteiger partial charge on any atom is 0.376 e. The molecule has 14 rings (SSSR count). The molecule has 0 bridgehead atoms. The summed E-state index contributed by atoms with van der Waals surface area (Å²) in [5.74, 6) is 0. The van der Waals surface area contributed by atoms with Crippen LogP contribution in [0.3, 0.4) is 0 Å². The largest absolute Gasteiger partial charge is 0.466 e. The zero-order chi connectivity index (χ0) is 49.4. The van der Waals surface area contributed by atoms with Gasteiger partial charge in [-0.1, -0.05) is 154 Å². The van der Waals surface area contributed by atoms with Gasteiger partial charge in [0, 0.05) is 58.8 Å². The monoisotopic (exact) mass is 954 g/mol. The molecule has 5 heterocycles. The molecule has 354 valence electrons. The number of nitrogens with zero attached hydrogens (tertiary/aromatic N) is 2. The van der Waals surface area contributed by atoms with E-state index >= 15 is 0 Å². The highest BCUT2D eigenvalue weighted by Gasteiger charge is 2.51. The van der Waals surface area contributed by atoms with Crippen molar-refractivity contribution in [2.75, 3.05) is 9.71 Å². The summed E-state index contributed by atoms with van der Waals surface area (Å²) in [4.78, 5) is 5.19. The summed E-state index contributed by atoms with van der Waals surface area (Å²) < 4.78 is 17.7. The molecule has 0 spiro atoms. The first-order chi connectivity index (χ1) is 34.4. The van der Waals surface area contributed by atoms with E-state index in [-0.39, 0.29) is 28.5 Å². The number of hydrogen-bond donors (Lipinski definition) is 0. The van der Waals surface area contributed by atoms with E-state index in [9.17, 15) is 0 Å². The molecule has 72 heavy (non-hydrogen) atoms. The van der Waals surface area contributed by atoms with Gasteiger partial charge in [-0.15, -0.1) is 11.3 Å². The molecule has 0 radical (unpaired) electrons. The average molecular weight is 955 g/mol. The van der Waals surface area contributed by atoms with Crippen molar-refractivity contribution in [3.05, 3.63) is 174 Å². The van der Waals surface area contributed by atoms with Crippen LogP contribution < -0.4 is 20.8 Å². The number of thiophene rings is 1. The second-order valence-electron chi connectivity index (χ2n) is 24.4. The second kappa shape index (κ2) is 14.8. The summed E-state index contributed by atoms with van der Waals surface area (Å²) in [6, 6.07) is 57.4. The molecule has 0 amide bonds. The molecule has 2 aliphatic heterocycles. The maximum absolute atomic E-state index is 7.78. The standard InChI is InChI=1S/C66H59BN2O2S/c1-63(2,3)39-24-27-41(28-25-39)69-53-37-57-46(43-21-15-17-23-56(43)72-57)33-45(53)47-34-48-42-20-14-16-22-54(42)70-61(48)60-58(47)67(69)62-59(49-35-50-51(36-55(49)71-62)66(9,10)31-30-65(50,7)8)68(60)52-29-26-40(64(4,5)6)32-44(52)38-18-12-11-13-19-38/h11-29,32-37H,30-31H2,1-10H3. The number of rotatable bonds is 3. The fraction of sp³-hybridized carbons (Fsp3) is 0.242. The lowest BCUT2D eigenvalue weighted by Crippen LogP contribution is -2.61. The molecule has 1 aliphatic carbocycles. The Morgan fingerprint density at radius 2 is 1.15 bits per heavy atom. The molecular weight excluding hydrogens is 896 g/mol. The van der Waals surface area contributed by atoms with Gasteiger partial charge < -0.3 is 18.5 Å². The highest BCUT2D eigenvalue weighted by molar-refractivity contribution is 7.25. The maximum atomic E-state index is 7.78. The average Bonchev–Trinajstić information content (AvgIpc) is 4.05. The summed E-state index contributed by atoms with van der Waals surface area (Å²) in [6.07, 6.45) is 2.23. The van der Waals surface area contributed by atoms with E-state index in [1.807, 2.05) is 11.3 Å². The van der Waals surface area contributed by atoms with E-state index in [1.54, 1.807) is 0 Å². The van der Waals surface area contributed by atoms with Crippen LogP contribution >= 0.6 is 11.3 Å². The van der Waals surface area contributed by atoms with E-state index in [4.69, 9.17) is 8.83 Å². The minimum atomic E-state index is -0.349. The second-order valence-corrected chi connectivity index (χ2v) is 25.4. The Bertz CT molecular complexity index is 4080. The van der Waals surface area contributed by atoms with Gasteiger partial charge in [0.05, 0.1) is 17.1 Å². The van der Waals surface area contributed by atoms with Crippen molar-refractivity contribution in [3.63, 3.8) is 0 Å². The van der Waals surface area contributed by atoms with Crippen molar-refractivity contribution in [1.29, 1.82) is 0 Å². The zero-order valence-electron chi connectivity index (χ0n) is 43.0. The molecule has 11 aromatic rings. The van der Waals surface area contributed by atoms with Crippen LogP contribution in [0.25, 0.3) is 75.3 Å². The summed E-state index contributed by atoms with van der Waals surface area (Å²) >= 11 is 1.88. The van der Waals surface area contributed by atoms with Gasteiger partial charge in [0.25, 0.3) is 0 Å². The lowest BCUT2D eigenvalue weighted by molar-refractivity contribution is 0.332. The van der Waals surface area contributed by atoms with Gasteiger partial charge in [-0.3, -0.25) is 0 Å². The molecule has 0 fully saturated rings. The van der Waals surface area contributed by atoms with E-state index in [2.05, 4.69) is 231 Å². The molecule has 3 aromatic heterocycles. The summed E-state index contributed by atoms with van der Waals surface area (Å²) in [5.41, 5.74) is 20.3. The van der Waals surface area contributed by atoms with Crippen molar-refractivity contribution in [1.82, 2.24) is 0 Å². The Kier molecular flexibility index (Phi) is 8.99. The molecule has 6 heteroatoms. The third-order valence-electron chi connectivity index (χ3n) is 16.8. The van der Waals surface area contributed by atoms with E-state index in [1.165, 1.54) is 75.8 Å². The number of hydrogen-bond acceptors (Lipinski definition) is 5. The highest BCUT2D eigenvalue weighted by atomic mass is 32.1. The van der Waals surface area contributed by atoms with E-state index in [0.717, 1.165) is 74.2 Å². The van der Waals surface area contributed by atoms with Crippen LogP contribution in [0.5, 0.6) is 0 Å². The third kappa shape index (κ3) is 6.24. The Labute approximate surface area is 427 Å². The number of furan rings is 2. The van der Waals surface area contributed by atoms with Crippen LogP contribution in [-0.2, 0) is 21.7 Å². The summed E-state index contributed by atoms with van der Waals surface area (Å²) in [6.45, 7) is 23.2. The smallest absolute Gasteiger partial charge is 0.376 e. The molecule has 3 aliphatic rings. The number of fused-ring (bicyclic) bond motifs is 14. The molecule has 0 unspecified atom stereocenters. The van der Waals surface area contributed by atoms with Crippen molar-refractivity contribution in [3.8, 4) is 22.3 Å². The Morgan fingerprint density at radius 1 is 0.500 bits per heavy atom. The lowest BCUT2D eigenvalue weighted by atomic mass is 9.45. The molecule has 0 saturated carbocycles. The van der Waals surface area contributed by atoms with Gasteiger partial charge in [0.2, 0.25) is 0 Å². The van der Waals surface area contributed by atoms with E-state index < -0.39 is 0 Å². The first-order valence-electron chi connectivity index (χ1n) is 25.9. The number of para-hydroxylation sites is 1. The molecule has 0 atom stereocenters. The van der Waals surface area contributed by atoms with Gasteiger partial charge in [0.15, 0.2) is 5.58 Å².